The van der Waals surface area contributed by atoms with Crippen LogP contribution in [0.25, 0.3) is 0 Å². The Kier molecular flexibility index (Phi) is 4.99. The molecule has 1 aromatic rings. The number of sulfonamides is 1. The number of nitriles is 1. The first-order chi connectivity index (χ1) is 9.97. The van der Waals surface area contributed by atoms with Crippen LogP contribution in [0.5, 0.6) is 0 Å². The molecule has 0 bridgehead atoms. The van der Waals surface area contributed by atoms with E-state index in [4.69, 9.17) is 11.0 Å². The number of benzene rings is 1. The molecule has 1 aliphatic rings. The molecule has 0 radical (unpaired) electrons. The van der Waals surface area contributed by atoms with E-state index >= 15 is 0 Å². The van der Waals surface area contributed by atoms with Gasteiger partial charge in [0.15, 0.2) is 0 Å². The van der Waals surface area contributed by atoms with Crippen LogP contribution in [0.1, 0.15) is 30.4 Å². The lowest BCUT2D eigenvalue weighted by atomic mass is 10.0. The van der Waals surface area contributed by atoms with E-state index in [1.165, 1.54) is 4.31 Å². The van der Waals surface area contributed by atoms with Crippen LogP contribution in [0.4, 0.5) is 0 Å². The van der Waals surface area contributed by atoms with Crippen LogP contribution in [0.3, 0.4) is 0 Å². The molecule has 0 heterocycles. The molecule has 2 rings (SSSR count). The van der Waals surface area contributed by atoms with Crippen molar-refractivity contribution in [3.63, 3.8) is 0 Å². The van der Waals surface area contributed by atoms with Gasteiger partial charge >= 0.3 is 0 Å². The summed E-state index contributed by atoms with van der Waals surface area (Å²) in [7, 11) is -1.76. The van der Waals surface area contributed by atoms with Crippen molar-refractivity contribution in [2.75, 3.05) is 13.6 Å². The van der Waals surface area contributed by atoms with Crippen molar-refractivity contribution >= 4 is 10.0 Å². The molecule has 2 atom stereocenters. The minimum Gasteiger partial charge on any atom is -0.330 e. The van der Waals surface area contributed by atoms with E-state index in [1.54, 1.807) is 31.3 Å². The van der Waals surface area contributed by atoms with Crippen LogP contribution >= 0.6 is 0 Å². The van der Waals surface area contributed by atoms with E-state index in [9.17, 15) is 8.42 Å². The third kappa shape index (κ3) is 3.62. The molecule has 5 nitrogen and oxygen atoms in total. The van der Waals surface area contributed by atoms with Crippen LogP contribution in [-0.2, 0) is 15.8 Å². The third-order valence-electron chi connectivity index (χ3n) is 4.23. The highest BCUT2D eigenvalue weighted by atomic mass is 32.2. The zero-order valence-electron chi connectivity index (χ0n) is 12.2. The number of nitrogens with two attached hydrogens (primary N) is 1. The summed E-state index contributed by atoms with van der Waals surface area (Å²) in [5, 5.41) is 8.89. The van der Waals surface area contributed by atoms with E-state index in [2.05, 4.69) is 0 Å². The van der Waals surface area contributed by atoms with Gasteiger partial charge in [-0.1, -0.05) is 18.6 Å². The first-order valence-corrected chi connectivity index (χ1v) is 8.73. The van der Waals surface area contributed by atoms with Gasteiger partial charge in [-0.25, -0.2) is 12.7 Å². The zero-order valence-corrected chi connectivity index (χ0v) is 13.0. The van der Waals surface area contributed by atoms with Crippen molar-refractivity contribution in [1.29, 1.82) is 5.26 Å². The van der Waals surface area contributed by atoms with Crippen molar-refractivity contribution in [3.05, 3.63) is 35.4 Å². The minimum absolute atomic E-state index is 0.000788. The summed E-state index contributed by atoms with van der Waals surface area (Å²) in [6.45, 7) is 0.522. The highest BCUT2D eigenvalue weighted by molar-refractivity contribution is 7.88. The van der Waals surface area contributed by atoms with E-state index in [1.807, 2.05) is 6.07 Å². The Hall–Kier alpha value is -1.42. The Morgan fingerprint density at radius 2 is 2.19 bits per heavy atom. The van der Waals surface area contributed by atoms with Crippen LogP contribution in [-0.4, -0.2) is 32.4 Å². The average molecular weight is 307 g/mol. The highest BCUT2D eigenvalue weighted by Gasteiger charge is 2.35. The number of rotatable bonds is 5. The van der Waals surface area contributed by atoms with Crippen molar-refractivity contribution in [2.45, 2.75) is 31.1 Å². The lowest BCUT2D eigenvalue weighted by Gasteiger charge is -2.28. The molecule has 1 aliphatic carbocycles. The first-order valence-electron chi connectivity index (χ1n) is 7.12. The monoisotopic (exact) mass is 307 g/mol. The van der Waals surface area contributed by atoms with Gasteiger partial charge in [0.05, 0.1) is 17.4 Å². The van der Waals surface area contributed by atoms with Crippen LogP contribution in [0.2, 0.25) is 0 Å². The summed E-state index contributed by atoms with van der Waals surface area (Å²) in [5.41, 5.74) is 6.86. The molecule has 2 N–H and O–H groups in total. The smallest absolute Gasteiger partial charge is 0.218 e. The topological polar surface area (TPSA) is 87.2 Å². The van der Waals surface area contributed by atoms with Crippen LogP contribution < -0.4 is 5.73 Å². The molecule has 6 heteroatoms. The van der Waals surface area contributed by atoms with Gasteiger partial charge in [-0.15, -0.1) is 0 Å². The second kappa shape index (κ2) is 6.56. The first kappa shape index (κ1) is 16.0. The molecule has 2 unspecified atom stereocenters. The van der Waals surface area contributed by atoms with Crippen molar-refractivity contribution in [2.24, 2.45) is 11.7 Å². The van der Waals surface area contributed by atoms with Gasteiger partial charge in [0.25, 0.3) is 0 Å². The van der Waals surface area contributed by atoms with Gasteiger partial charge in [0, 0.05) is 13.1 Å². The standard InChI is InChI=1S/C15H21N3O2S/c1-18(15-7-3-6-14(15)10-17)21(19,20)11-13-5-2-4-12(8-13)9-16/h2,4-5,8,14-15H,3,6-7,10-11,17H2,1H3. The van der Waals surface area contributed by atoms with Gasteiger partial charge in [-0.3, -0.25) is 0 Å². The zero-order chi connectivity index (χ0) is 15.5. The number of hydrogen-bond donors (Lipinski definition) is 1. The maximum Gasteiger partial charge on any atom is 0.218 e. The van der Waals surface area contributed by atoms with Crippen molar-refractivity contribution < 1.29 is 8.42 Å². The van der Waals surface area contributed by atoms with Gasteiger partial charge in [0.2, 0.25) is 10.0 Å². The number of nitrogens with zero attached hydrogens (tertiary/aromatic N) is 2. The molecule has 0 amide bonds. The fourth-order valence-corrected chi connectivity index (χ4v) is 4.51. The lowest BCUT2D eigenvalue weighted by Crippen LogP contribution is -2.41. The summed E-state index contributed by atoms with van der Waals surface area (Å²) in [4.78, 5) is 0. The van der Waals surface area contributed by atoms with Gasteiger partial charge in [-0.05, 0) is 43.0 Å². The fourth-order valence-electron chi connectivity index (χ4n) is 3.02. The maximum absolute atomic E-state index is 12.6. The number of hydrogen-bond acceptors (Lipinski definition) is 4. The molecule has 21 heavy (non-hydrogen) atoms. The molecule has 0 aromatic heterocycles. The van der Waals surface area contributed by atoms with Crippen LogP contribution in [0, 0.1) is 17.2 Å². The second-order valence-corrected chi connectivity index (χ2v) is 7.61. The SMILES string of the molecule is CN(C1CCCC1CN)S(=O)(=O)Cc1cccc(C#N)c1. The predicted octanol–water partition coefficient (Wildman–Crippen LogP) is 1.45. The van der Waals surface area contributed by atoms with E-state index in [0.717, 1.165) is 19.3 Å². The van der Waals surface area contributed by atoms with Gasteiger partial charge in [-0.2, -0.15) is 5.26 Å². The van der Waals surface area contributed by atoms with Crippen molar-refractivity contribution in [1.82, 2.24) is 4.31 Å². The quantitative estimate of drug-likeness (QED) is 0.892. The molecule has 1 aromatic carbocycles. The predicted molar refractivity (Wildman–Crippen MR) is 81.7 cm³/mol. The lowest BCUT2D eigenvalue weighted by molar-refractivity contribution is 0.304. The maximum atomic E-state index is 12.6. The molecule has 0 saturated heterocycles. The molecule has 0 aliphatic heterocycles. The minimum atomic E-state index is -3.40. The summed E-state index contributed by atoms with van der Waals surface area (Å²) in [6, 6.07) is 8.77. The molecule has 114 valence electrons. The summed E-state index contributed by atoms with van der Waals surface area (Å²) in [6.07, 6.45) is 2.89. The molecule has 1 saturated carbocycles. The van der Waals surface area contributed by atoms with Crippen LogP contribution in [0.15, 0.2) is 24.3 Å². The highest BCUT2D eigenvalue weighted by Crippen LogP contribution is 2.30. The van der Waals surface area contributed by atoms with Gasteiger partial charge in [0.1, 0.15) is 0 Å². The Morgan fingerprint density at radius 3 is 2.86 bits per heavy atom. The third-order valence-corrected chi connectivity index (χ3v) is 6.08. The van der Waals surface area contributed by atoms with Crippen molar-refractivity contribution in [3.8, 4) is 6.07 Å². The van der Waals surface area contributed by atoms with Gasteiger partial charge < -0.3 is 5.73 Å². The largest absolute Gasteiger partial charge is 0.330 e. The molecular weight excluding hydrogens is 286 g/mol. The Morgan fingerprint density at radius 1 is 1.43 bits per heavy atom. The van der Waals surface area contributed by atoms with E-state index < -0.39 is 10.0 Å². The Bertz CT molecular complexity index is 637. The molecular formula is C15H21N3O2S. The fraction of sp³-hybridized carbons (Fsp3) is 0.533. The van der Waals surface area contributed by atoms with E-state index in [0.29, 0.717) is 17.7 Å². The summed E-state index contributed by atoms with van der Waals surface area (Å²) < 4.78 is 26.6. The molecule has 0 spiro atoms. The summed E-state index contributed by atoms with van der Waals surface area (Å²) in [5.74, 6) is 0.169. The average Bonchev–Trinajstić information content (AvgIpc) is 2.94. The normalized spacial score (nSPS) is 22.4. The summed E-state index contributed by atoms with van der Waals surface area (Å²) >= 11 is 0. The Balaban J connectivity index is 2.16. The van der Waals surface area contributed by atoms with E-state index in [-0.39, 0.29) is 17.7 Å². The molecule has 1 fully saturated rings. The second-order valence-electron chi connectivity index (χ2n) is 5.58. The Labute approximate surface area is 126 Å².